The van der Waals surface area contributed by atoms with Crippen LogP contribution in [0.5, 0.6) is 5.75 Å². The molecule has 4 rings (SSSR count). The van der Waals surface area contributed by atoms with Crippen LogP contribution < -0.4 is 4.74 Å². The summed E-state index contributed by atoms with van der Waals surface area (Å²) in [5.74, 6) is 1.53. The number of aliphatic hydroxyl groups excluding tert-OH is 1. The standard InChI is InChI=1S/C26H29ClN2O5/c1-31-23-9-7-20(8-10-23)26-13-25(34-28-26)16-29(14-19-4-2-5-21(27)12-19)15-22(30)17-32-18-24-6-3-11-33-24/h2-12,22,25,30H,13-18H2,1H3/t22-,25-/m0/s1. The van der Waals surface area contributed by atoms with Crippen molar-refractivity contribution in [3.63, 3.8) is 0 Å². The molecule has 0 amide bonds. The first-order chi connectivity index (χ1) is 16.6. The Hall–Kier alpha value is -2.84. The number of methoxy groups -OCH3 is 1. The fraction of sp³-hybridized carbons (Fsp3) is 0.346. The normalized spacial score (nSPS) is 16.4. The molecule has 0 aliphatic carbocycles. The molecule has 0 saturated carbocycles. The fourth-order valence-corrected chi connectivity index (χ4v) is 4.12. The molecule has 0 fully saturated rings. The lowest BCUT2D eigenvalue weighted by atomic mass is 10.0. The van der Waals surface area contributed by atoms with E-state index >= 15 is 0 Å². The summed E-state index contributed by atoms with van der Waals surface area (Å²) in [6.07, 6.45) is 1.50. The highest BCUT2D eigenvalue weighted by Crippen LogP contribution is 2.21. The predicted molar refractivity (Wildman–Crippen MR) is 130 cm³/mol. The third kappa shape index (κ3) is 7.08. The highest BCUT2D eigenvalue weighted by atomic mass is 35.5. The van der Waals surface area contributed by atoms with Crippen molar-refractivity contribution in [3.05, 3.63) is 88.8 Å². The minimum atomic E-state index is -0.669. The van der Waals surface area contributed by atoms with E-state index in [4.69, 9.17) is 30.3 Å². The molecule has 2 heterocycles. The van der Waals surface area contributed by atoms with Crippen LogP contribution in [-0.4, -0.2) is 54.7 Å². The van der Waals surface area contributed by atoms with E-state index in [1.54, 1.807) is 13.4 Å². The molecule has 0 unspecified atom stereocenters. The van der Waals surface area contributed by atoms with Crippen molar-refractivity contribution in [2.24, 2.45) is 5.16 Å². The minimum absolute atomic E-state index is 0.118. The van der Waals surface area contributed by atoms with Gasteiger partial charge in [0.25, 0.3) is 0 Å². The Labute approximate surface area is 204 Å². The van der Waals surface area contributed by atoms with Gasteiger partial charge < -0.3 is 23.8 Å². The SMILES string of the molecule is COc1ccc(C2=NO[C@H](CN(Cc3cccc(Cl)c3)C[C@H](O)COCc3ccco3)C2)cc1. The lowest BCUT2D eigenvalue weighted by Gasteiger charge is -2.27. The molecule has 2 atom stereocenters. The molecular formula is C26H29ClN2O5. The topological polar surface area (TPSA) is 76.7 Å². The van der Waals surface area contributed by atoms with Crippen LogP contribution in [0.4, 0.5) is 0 Å². The van der Waals surface area contributed by atoms with Gasteiger partial charge in [-0.3, -0.25) is 4.90 Å². The van der Waals surface area contributed by atoms with Crippen molar-refractivity contribution in [1.82, 2.24) is 4.90 Å². The van der Waals surface area contributed by atoms with E-state index in [2.05, 4.69) is 10.1 Å². The Bertz CT molecular complexity index is 1060. The number of benzene rings is 2. The van der Waals surface area contributed by atoms with E-state index in [1.807, 2.05) is 60.7 Å². The number of nitrogens with zero attached hydrogens (tertiary/aromatic N) is 2. The van der Waals surface area contributed by atoms with Crippen molar-refractivity contribution >= 4 is 17.3 Å². The van der Waals surface area contributed by atoms with Gasteiger partial charge >= 0.3 is 0 Å². The molecule has 8 heteroatoms. The summed E-state index contributed by atoms with van der Waals surface area (Å²) in [4.78, 5) is 7.89. The summed E-state index contributed by atoms with van der Waals surface area (Å²) in [6, 6.07) is 19.2. The van der Waals surface area contributed by atoms with Crippen molar-refractivity contribution in [3.8, 4) is 5.75 Å². The number of aliphatic hydroxyl groups is 1. The molecule has 2 aromatic carbocycles. The van der Waals surface area contributed by atoms with E-state index in [-0.39, 0.29) is 12.7 Å². The first-order valence-electron chi connectivity index (χ1n) is 11.2. The molecule has 0 spiro atoms. The van der Waals surface area contributed by atoms with Gasteiger partial charge in [-0.1, -0.05) is 28.9 Å². The van der Waals surface area contributed by atoms with Gasteiger partial charge in [-0.2, -0.15) is 0 Å². The molecule has 0 saturated heterocycles. The second-order valence-corrected chi connectivity index (χ2v) is 8.71. The lowest BCUT2D eigenvalue weighted by molar-refractivity contribution is -0.00955. The van der Waals surface area contributed by atoms with Gasteiger partial charge in [0.15, 0.2) is 0 Å². The molecule has 0 radical (unpaired) electrons. The summed E-state index contributed by atoms with van der Waals surface area (Å²) in [7, 11) is 1.65. The maximum atomic E-state index is 10.6. The van der Waals surface area contributed by atoms with E-state index < -0.39 is 6.10 Å². The molecule has 3 aromatic rings. The average Bonchev–Trinajstić information content (AvgIpc) is 3.51. The number of ether oxygens (including phenoxy) is 2. The van der Waals surface area contributed by atoms with Crippen molar-refractivity contribution < 1.29 is 23.8 Å². The Morgan fingerprint density at radius 3 is 2.76 bits per heavy atom. The summed E-state index contributed by atoms with van der Waals surface area (Å²) in [5, 5.41) is 15.6. The lowest BCUT2D eigenvalue weighted by Crippen LogP contribution is -2.39. The maximum absolute atomic E-state index is 10.6. The van der Waals surface area contributed by atoms with Gasteiger partial charge in [0.05, 0.1) is 31.8 Å². The van der Waals surface area contributed by atoms with Crippen LogP contribution in [0.15, 0.2) is 76.5 Å². The minimum Gasteiger partial charge on any atom is -0.497 e. The second kappa shape index (κ2) is 12.0. The Morgan fingerprint density at radius 2 is 2.03 bits per heavy atom. The summed E-state index contributed by atoms with van der Waals surface area (Å²) in [6.45, 7) is 2.16. The van der Waals surface area contributed by atoms with Crippen molar-refractivity contribution in [2.75, 3.05) is 26.8 Å². The number of hydrogen-bond acceptors (Lipinski definition) is 7. The molecule has 7 nitrogen and oxygen atoms in total. The number of halogens is 1. The Balaban J connectivity index is 1.34. The van der Waals surface area contributed by atoms with Crippen molar-refractivity contribution in [2.45, 2.75) is 31.8 Å². The molecule has 1 aliphatic heterocycles. The van der Waals surface area contributed by atoms with Crippen LogP contribution in [0, 0.1) is 0 Å². The van der Waals surface area contributed by atoms with Crippen LogP contribution in [-0.2, 0) is 22.7 Å². The smallest absolute Gasteiger partial charge is 0.145 e. The number of hydrogen-bond donors (Lipinski definition) is 1. The van der Waals surface area contributed by atoms with E-state index in [1.165, 1.54) is 0 Å². The van der Waals surface area contributed by atoms with E-state index in [9.17, 15) is 5.11 Å². The third-order valence-corrected chi connectivity index (χ3v) is 5.75. The van der Waals surface area contributed by atoms with Crippen LogP contribution >= 0.6 is 11.6 Å². The number of oxime groups is 1. The van der Waals surface area contributed by atoms with Crippen LogP contribution in [0.3, 0.4) is 0 Å². The molecule has 1 aromatic heterocycles. The van der Waals surface area contributed by atoms with Crippen LogP contribution in [0.1, 0.15) is 23.3 Å². The Morgan fingerprint density at radius 1 is 1.18 bits per heavy atom. The number of rotatable bonds is 12. The quantitative estimate of drug-likeness (QED) is 0.407. The van der Waals surface area contributed by atoms with Gasteiger partial charge in [-0.15, -0.1) is 0 Å². The monoisotopic (exact) mass is 484 g/mol. The molecule has 0 bridgehead atoms. The second-order valence-electron chi connectivity index (χ2n) is 8.27. The molecule has 1 N–H and O–H groups in total. The third-order valence-electron chi connectivity index (χ3n) is 5.52. The zero-order valence-corrected chi connectivity index (χ0v) is 19.9. The average molecular weight is 485 g/mol. The molecular weight excluding hydrogens is 456 g/mol. The summed E-state index contributed by atoms with van der Waals surface area (Å²) >= 11 is 6.18. The fourth-order valence-electron chi connectivity index (χ4n) is 3.91. The van der Waals surface area contributed by atoms with Gasteiger partial charge in [-0.25, -0.2) is 0 Å². The van der Waals surface area contributed by atoms with Gasteiger partial charge in [0.1, 0.15) is 24.2 Å². The Kier molecular flexibility index (Phi) is 8.60. The largest absolute Gasteiger partial charge is 0.497 e. The summed E-state index contributed by atoms with van der Waals surface area (Å²) in [5.41, 5.74) is 2.97. The highest BCUT2D eigenvalue weighted by molar-refractivity contribution is 6.30. The first kappa shape index (κ1) is 24.3. The zero-order valence-electron chi connectivity index (χ0n) is 19.1. The van der Waals surface area contributed by atoms with Crippen LogP contribution in [0.2, 0.25) is 5.02 Å². The van der Waals surface area contributed by atoms with Gasteiger partial charge in [0.2, 0.25) is 0 Å². The molecule has 180 valence electrons. The van der Waals surface area contributed by atoms with E-state index in [0.717, 1.165) is 28.3 Å². The van der Waals surface area contributed by atoms with Crippen molar-refractivity contribution in [1.29, 1.82) is 0 Å². The van der Waals surface area contributed by atoms with Crippen LogP contribution in [0.25, 0.3) is 0 Å². The van der Waals surface area contributed by atoms with E-state index in [0.29, 0.717) is 37.7 Å². The molecule has 1 aliphatic rings. The predicted octanol–water partition coefficient (Wildman–Crippen LogP) is 4.51. The highest BCUT2D eigenvalue weighted by Gasteiger charge is 2.26. The maximum Gasteiger partial charge on any atom is 0.145 e. The molecule has 34 heavy (non-hydrogen) atoms. The number of furan rings is 1. The van der Waals surface area contributed by atoms with Gasteiger partial charge in [-0.05, 0) is 59.7 Å². The van der Waals surface area contributed by atoms with Gasteiger partial charge in [0, 0.05) is 31.1 Å². The first-order valence-corrected chi connectivity index (χ1v) is 11.6. The zero-order chi connectivity index (χ0) is 23.8. The summed E-state index contributed by atoms with van der Waals surface area (Å²) < 4.78 is 16.1.